The third-order valence-electron chi connectivity index (χ3n) is 4.87. The minimum atomic E-state index is 0.109. The van der Waals surface area contributed by atoms with Gasteiger partial charge in [0.05, 0.1) is 5.92 Å². The Kier molecular flexibility index (Phi) is 23.3. The average molecular weight is 521 g/mol. The van der Waals surface area contributed by atoms with E-state index < -0.39 is 0 Å². The molecule has 2 nitrogen and oxygen atoms in total. The number of hydrogen-bond acceptors (Lipinski definition) is 2. The number of nitrogens with zero attached hydrogens (tertiary/aromatic N) is 1. The predicted molar refractivity (Wildman–Crippen MR) is 141 cm³/mol. The zero-order chi connectivity index (χ0) is 22.1. The lowest BCUT2D eigenvalue weighted by molar-refractivity contribution is 0.451. The largest absolute Gasteiger partial charge is 0.315 e. The van der Waals surface area contributed by atoms with Crippen molar-refractivity contribution >= 4 is 22.9 Å². The van der Waals surface area contributed by atoms with Crippen LogP contribution in [0.1, 0.15) is 90.4 Å². The van der Waals surface area contributed by atoms with Gasteiger partial charge in [0.1, 0.15) is 0 Å². The van der Waals surface area contributed by atoms with Gasteiger partial charge in [-0.25, -0.2) is 3.11 Å². The molecule has 0 saturated heterocycles. The highest BCUT2D eigenvalue weighted by Gasteiger charge is 2.02. The Hall–Kier alpha value is -1.11. The van der Waals surface area contributed by atoms with Gasteiger partial charge >= 0.3 is 0 Å². The van der Waals surface area contributed by atoms with Crippen molar-refractivity contribution in [1.82, 2.24) is 8.43 Å². The van der Waals surface area contributed by atoms with Gasteiger partial charge in [0.2, 0.25) is 0 Å². The molecule has 0 fully saturated rings. The average Bonchev–Trinajstić information content (AvgIpc) is 2.75. The quantitative estimate of drug-likeness (QED) is 0.100. The normalized spacial score (nSPS) is 11.0. The fourth-order valence-corrected chi connectivity index (χ4v) is 3.76. The summed E-state index contributed by atoms with van der Waals surface area (Å²) in [7, 11) is 0. The second-order valence-corrected chi connectivity index (χ2v) is 8.92. The zero-order valence-corrected chi connectivity index (χ0v) is 21.2. The molecule has 1 N–H and O–H groups in total. The van der Waals surface area contributed by atoms with Crippen LogP contribution in [0, 0.1) is 54.3 Å². The van der Waals surface area contributed by atoms with E-state index in [4.69, 9.17) is 12.8 Å². The molecule has 30 heavy (non-hydrogen) atoms. The van der Waals surface area contributed by atoms with Gasteiger partial charge in [-0.05, 0) is 32.6 Å². The molecule has 0 aliphatic heterocycles. The number of unbranched alkanes of at least 4 members (excludes halogenated alkanes) is 8. The van der Waals surface area contributed by atoms with Crippen LogP contribution in [0.3, 0.4) is 0 Å². The third kappa shape index (κ3) is 21.6. The molecule has 0 aliphatic rings. The summed E-state index contributed by atoms with van der Waals surface area (Å²) in [6.07, 6.45) is 26.0. The molecule has 0 saturated carbocycles. The van der Waals surface area contributed by atoms with Crippen LogP contribution in [0.4, 0.5) is 0 Å². The monoisotopic (exact) mass is 520 g/mol. The van der Waals surface area contributed by atoms with E-state index in [0.717, 1.165) is 38.8 Å². The van der Waals surface area contributed by atoms with Gasteiger partial charge in [0, 0.05) is 68.3 Å². The number of rotatable bonds is 18. The van der Waals surface area contributed by atoms with Gasteiger partial charge in [0.25, 0.3) is 0 Å². The summed E-state index contributed by atoms with van der Waals surface area (Å²) in [5, 5.41) is 3.35. The third-order valence-corrected chi connectivity index (χ3v) is 5.84. The SMILES string of the molecule is C#CCCCCCCCN(I)CCCCCCC(C#C)C#CCCNCCC#CC. The molecule has 0 bridgehead atoms. The lowest BCUT2D eigenvalue weighted by atomic mass is 10.0. The van der Waals surface area contributed by atoms with Crippen molar-refractivity contribution in [2.45, 2.75) is 90.4 Å². The minimum Gasteiger partial charge on any atom is -0.315 e. The van der Waals surface area contributed by atoms with Crippen LogP contribution < -0.4 is 5.32 Å². The van der Waals surface area contributed by atoms with Crippen molar-refractivity contribution in [2.75, 3.05) is 26.2 Å². The van der Waals surface area contributed by atoms with Gasteiger partial charge in [-0.3, -0.25) is 0 Å². The molecule has 0 aromatic carbocycles. The van der Waals surface area contributed by atoms with E-state index in [1.54, 1.807) is 0 Å². The first-order valence-corrected chi connectivity index (χ1v) is 12.6. The van der Waals surface area contributed by atoms with E-state index in [2.05, 4.69) is 66.8 Å². The summed E-state index contributed by atoms with van der Waals surface area (Å²) >= 11 is 2.47. The lowest BCUT2D eigenvalue weighted by Crippen LogP contribution is -2.15. The molecule has 3 heteroatoms. The number of halogens is 1. The van der Waals surface area contributed by atoms with Gasteiger partial charge < -0.3 is 5.32 Å². The van der Waals surface area contributed by atoms with E-state index in [-0.39, 0.29) is 5.92 Å². The first-order valence-electron chi connectivity index (χ1n) is 11.6. The van der Waals surface area contributed by atoms with E-state index in [0.29, 0.717) is 0 Å². The smallest absolute Gasteiger partial charge is 0.0808 e. The molecule has 1 unspecified atom stereocenters. The van der Waals surface area contributed by atoms with Crippen LogP contribution in [-0.4, -0.2) is 29.3 Å². The van der Waals surface area contributed by atoms with E-state index in [1.165, 1.54) is 70.9 Å². The Labute approximate surface area is 201 Å². The van der Waals surface area contributed by atoms with E-state index in [1.807, 2.05) is 6.92 Å². The van der Waals surface area contributed by atoms with Gasteiger partial charge in [-0.1, -0.05) is 50.4 Å². The highest BCUT2D eigenvalue weighted by atomic mass is 127. The van der Waals surface area contributed by atoms with Crippen molar-refractivity contribution in [2.24, 2.45) is 5.92 Å². The molecule has 0 aliphatic carbocycles. The van der Waals surface area contributed by atoms with Crippen LogP contribution in [0.5, 0.6) is 0 Å². The summed E-state index contributed by atoms with van der Waals surface area (Å²) in [6.45, 7) is 6.10. The first kappa shape index (κ1) is 28.9. The molecule has 1 atom stereocenters. The maximum Gasteiger partial charge on any atom is 0.0808 e. The minimum absolute atomic E-state index is 0.109. The Morgan fingerprint density at radius 1 is 0.800 bits per heavy atom. The van der Waals surface area contributed by atoms with Crippen LogP contribution in [0.2, 0.25) is 0 Å². The molecule has 0 amide bonds. The highest BCUT2D eigenvalue weighted by molar-refractivity contribution is 14.1. The number of terminal acetylenes is 2. The Balaban J connectivity index is 3.56. The second kappa shape index (κ2) is 24.2. The topological polar surface area (TPSA) is 15.3 Å². The molecular formula is C27H41IN2. The summed E-state index contributed by atoms with van der Waals surface area (Å²) in [5.41, 5.74) is 0. The maximum absolute atomic E-state index is 5.64. The predicted octanol–water partition coefficient (Wildman–Crippen LogP) is 6.21. The maximum atomic E-state index is 5.64. The molecule has 0 aromatic rings. The van der Waals surface area contributed by atoms with Crippen molar-refractivity contribution in [3.63, 3.8) is 0 Å². The summed E-state index contributed by atoms with van der Waals surface area (Å²) in [5.74, 6) is 18.1. The van der Waals surface area contributed by atoms with Crippen molar-refractivity contribution in [3.8, 4) is 48.4 Å². The summed E-state index contributed by atoms with van der Waals surface area (Å²) < 4.78 is 2.44. The molecule has 0 radical (unpaired) electrons. The van der Waals surface area contributed by atoms with Gasteiger partial charge in [-0.15, -0.1) is 36.5 Å². The van der Waals surface area contributed by atoms with Crippen LogP contribution in [0.25, 0.3) is 0 Å². The summed E-state index contributed by atoms with van der Waals surface area (Å²) in [6, 6.07) is 0. The molecule has 0 heterocycles. The van der Waals surface area contributed by atoms with Crippen molar-refractivity contribution in [1.29, 1.82) is 0 Å². The number of hydrogen-bond donors (Lipinski definition) is 1. The van der Waals surface area contributed by atoms with Gasteiger partial charge in [-0.2, -0.15) is 0 Å². The highest BCUT2D eigenvalue weighted by Crippen LogP contribution is 2.12. The van der Waals surface area contributed by atoms with E-state index in [9.17, 15) is 0 Å². The van der Waals surface area contributed by atoms with Crippen LogP contribution in [-0.2, 0) is 0 Å². The molecule has 0 aromatic heterocycles. The zero-order valence-electron chi connectivity index (χ0n) is 19.1. The van der Waals surface area contributed by atoms with Gasteiger partial charge in [0.15, 0.2) is 0 Å². The Bertz CT molecular complexity index is 591. The van der Waals surface area contributed by atoms with Crippen molar-refractivity contribution in [3.05, 3.63) is 0 Å². The summed E-state index contributed by atoms with van der Waals surface area (Å²) in [4.78, 5) is 0. The Morgan fingerprint density at radius 2 is 1.40 bits per heavy atom. The molecule has 166 valence electrons. The van der Waals surface area contributed by atoms with Crippen LogP contribution >= 0.6 is 22.9 Å². The van der Waals surface area contributed by atoms with E-state index >= 15 is 0 Å². The number of nitrogens with one attached hydrogen (secondary N) is 1. The second-order valence-electron chi connectivity index (χ2n) is 7.55. The Morgan fingerprint density at radius 3 is 2.03 bits per heavy atom. The molecule has 0 rings (SSSR count). The standard InChI is InChI=1S/C27H41IN2/c1-4-7-9-10-11-13-19-25-30(28)26-20-14-12-15-21-27(6-3)22-16-18-24-29-23-17-8-5-2/h1,3,27,29H,7,9-15,17-21,23-26H2,2H3. The fourth-order valence-electron chi connectivity index (χ4n) is 3.08. The first-order chi connectivity index (χ1) is 14.7. The van der Waals surface area contributed by atoms with Crippen LogP contribution in [0.15, 0.2) is 0 Å². The van der Waals surface area contributed by atoms with Crippen molar-refractivity contribution < 1.29 is 0 Å². The molecule has 0 spiro atoms. The fraction of sp³-hybridized carbons (Fsp3) is 0.704. The lowest BCUT2D eigenvalue weighted by Gasteiger charge is -2.14. The molecular weight excluding hydrogens is 479 g/mol.